The zero-order chi connectivity index (χ0) is 21.6. The first-order valence-electron chi connectivity index (χ1n) is 11.6. The summed E-state index contributed by atoms with van der Waals surface area (Å²) < 4.78 is 5.44. The molecule has 7 heteroatoms. The van der Waals surface area contributed by atoms with Crippen LogP contribution in [0.15, 0.2) is 29.1 Å². The van der Waals surface area contributed by atoms with Gasteiger partial charge < -0.3 is 19.9 Å². The van der Waals surface area contributed by atoms with Gasteiger partial charge in [0, 0.05) is 37.8 Å². The summed E-state index contributed by atoms with van der Waals surface area (Å²) in [5.74, 6) is 0. The highest BCUT2D eigenvalue weighted by molar-refractivity contribution is 5.82. The zero-order valence-electron chi connectivity index (χ0n) is 18.5. The number of H-pyrrole nitrogens is 1. The first kappa shape index (κ1) is 21.8. The Morgan fingerprint density at radius 3 is 2.77 bits per heavy atom. The summed E-state index contributed by atoms with van der Waals surface area (Å²) in [6.45, 7) is 6.90. The third kappa shape index (κ3) is 5.66. The number of morpholine rings is 1. The molecule has 2 aromatic rings. The highest BCUT2D eigenvalue weighted by atomic mass is 16.5. The summed E-state index contributed by atoms with van der Waals surface area (Å²) in [7, 11) is 0. The minimum Gasteiger partial charge on any atom is -0.379 e. The molecule has 2 heterocycles. The van der Waals surface area contributed by atoms with Crippen LogP contribution < -0.4 is 10.9 Å². The van der Waals surface area contributed by atoms with Gasteiger partial charge in [-0.1, -0.05) is 37.5 Å². The molecule has 1 aromatic heterocycles. The molecule has 2 aliphatic rings. The van der Waals surface area contributed by atoms with Crippen molar-refractivity contribution in [2.24, 2.45) is 0 Å². The average molecular weight is 427 g/mol. The number of nitrogens with zero attached hydrogens (tertiary/aromatic N) is 2. The predicted molar refractivity (Wildman–Crippen MR) is 122 cm³/mol. The highest BCUT2D eigenvalue weighted by Gasteiger charge is 2.22. The number of hydrogen-bond donors (Lipinski definition) is 2. The van der Waals surface area contributed by atoms with E-state index in [1.165, 1.54) is 19.3 Å². The first-order valence-corrected chi connectivity index (χ1v) is 11.6. The number of carbonyl (C=O) groups is 1. The lowest BCUT2D eigenvalue weighted by atomic mass is 9.96. The van der Waals surface area contributed by atoms with Crippen LogP contribution in [0.1, 0.15) is 43.2 Å². The third-order valence-electron chi connectivity index (χ3n) is 6.54. The summed E-state index contributed by atoms with van der Waals surface area (Å²) in [6.07, 6.45) is 5.67. The molecule has 7 nitrogen and oxygen atoms in total. The van der Waals surface area contributed by atoms with E-state index in [0.717, 1.165) is 62.2 Å². The number of pyridine rings is 1. The number of carbonyl (C=O) groups excluding carboxylic acids is 1. The molecule has 0 radical (unpaired) electrons. The number of para-hydroxylation sites is 1. The molecule has 1 aromatic carbocycles. The van der Waals surface area contributed by atoms with E-state index >= 15 is 0 Å². The van der Waals surface area contributed by atoms with Crippen LogP contribution in [0.4, 0.5) is 4.79 Å². The Balaban J connectivity index is 1.51. The van der Waals surface area contributed by atoms with Crippen molar-refractivity contribution < 1.29 is 9.53 Å². The largest absolute Gasteiger partial charge is 0.379 e. The van der Waals surface area contributed by atoms with Gasteiger partial charge in [-0.3, -0.25) is 9.69 Å². The molecule has 31 heavy (non-hydrogen) atoms. The number of fused-ring (bicyclic) bond motifs is 1. The fraction of sp³-hybridized carbons (Fsp3) is 0.583. The Kier molecular flexibility index (Phi) is 7.25. The van der Waals surface area contributed by atoms with Crippen molar-refractivity contribution in [2.75, 3.05) is 39.4 Å². The molecule has 0 spiro atoms. The van der Waals surface area contributed by atoms with Crippen molar-refractivity contribution in [1.29, 1.82) is 0 Å². The van der Waals surface area contributed by atoms with E-state index < -0.39 is 0 Å². The molecule has 0 atom stereocenters. The van der Waals surface area contributed by atoms with Crippen LogP contribution in [0.25, 0.3) is 10.9 Å². The normalized spacial score (nSPS) is 18.2. The summed E-state index contributed by atoms with van der Waals surface area (Å²) in [6, 6.07) is 8.09. The molecule has 2 amide bonds. The molecule has 2 fully saturated rings. The average Bonchev–Trinajstić information content (AvgIpc) is 2.79. The van der Waals surface area contributed by atoms with E-state index in [4.69, 9.17) is 4.74 Å². The number of urea groups is 1. The highest BCUT2D eigenvalue weighted by Crippen LogP contribution is 2.19. The SMILES string of the molecule is Cc1cccc2cc(CN(CCN3CCOCC3)C(=O)NC3CCCCC3)c(=O)[nH]c12. The van der Waals surface area contributed by atoms with Crippen molar-refractivity contribution in [2.45, 2.75) is 51.6 Å². The van der Waals surface area contributed by atoms with E-state index in [2.05, 4.69) is 15.2 Å². The first-order chi connectivity index (χ1) is 15.1. The van der Waals surface area contributed by atoms with Crippen LogP contribution in [-0.2, 0) is 11.3 Å². The maximum atomic E-state index is 13.2. The summed E-state index contributed by atoms with van der Waals surface area (Å²) in [5.41, 5.74) is 2.41. The number of ether oxygens (including phenoxy) is 1. The van der Waals surface area contributed by atoms with Crippen molar-refractivity contribution in [1.82, 2.24) is 20.1 Å². The van der Waals surface area contributed by atoms with Crippen LogP contribution in [0, 0.1) is 6.92 Å². The van der Waals surface area contributed by atoms with Crippen LogP contribution >= 0.6 is 0 Å². The molecular weight excluding hydrogens is 392 g/mol. The lowest BCUT2D eigenvalue weighted by Gasteiger charge is -2.32. The zero-order valence-corrected chi connectivity index (χ0v) is 18.5. The van der Waals surface area contributed by atoms with Crippen LogP contribution in [0.3, 0.4) is 0 Å². The van der Waals surface area contributed by atoms with Gasteiger partial charge in [-0.05, 0) is 36.8 Å². The third-order valence-corrected chi connectivity index (χ3v) is 6.54. The second-order valence-corrected chi connectivity index (χ2v) is 8.82. The Labute approximate surface area is 183 Å². The summed E-state index contributed by atoms with van der Waals surface area (Å²) in [5, 5.41) is 4.22. The van der Waals surface area contributed by atoms with Crippen LogP contribution in [0.5, 0.6) is 0 Å². The van der Waals surface area contributed by atoms with Crippen LogP contribution in [-0.4, -0.2) is 66.2 Å². The van der Waals surface area contributed by atoms with Gasteiger partial charge in [0.05, 0.1) is 25.3 Å². The fourth-order valence-electron chi connectivity index (χ4n) is 4.60. The predicted octanol–water partition coefficient (Wildman–Crippen LogP) is 3.01. The lowest BCUT2D eigenvalue weighted by molar-refractivity contribution is 0.0345. The molecule has 0 unspecified atom stereocenters. The van der Waals surface area contributed by atoms with Gasteiger partial charge in [0.2, 0.25) is 0 Å². The molecule has 4 rings (SSSR count). The number of rotatable bonds is 6. The monoisotopic (exact) mass is 426 g/mol. The number of aromatic amines is 1. The maximum absolute atomic E-state index is 13.2. The molecule has 1 saturated heterocycles. The second kappa shape index (κ2) is 10.3. The van der Waals surface area contributed by atoms with Gasteiger partial charge in [-0.2, -0.15) is 0 Å². The van der Waals surface area contributed by atoms with Crippen LogP contribution in [0.2, 0.25) is 0 Å². The van der Waals surface area contributed by atoms with E-state index in [1.807, 2.05) is 31.2 Å². The Morgan fingerprint density at radius 1 is 1.23 bits per heavy atom. The molecular formula is C24H34N4O3. The van der Waals surface area contributed by atoms with Gasteiger partial charge >= 0.3 is 6.03 Å². The minimum atomic E-state index is -0.122. The van der Waals surface area contributed by atoms with E-state index in [9.17, 15) is 9.59 Å². The molecule has 1 saturated carbocycles. The van der Waals surface area contributed by atoms with E-state index in [0.29, 0.717) is 18.7 Å². The Morgan fingerprint density at radius 2 is 2.00 bits per heavy atom. The number of hydrogen-bond acceptors (Lipinski definition) is 4. The van der Waals surface area contributed by atoms with Crippen molar-refractivity contribution in [3.8, 4) is 0 Å². The minimum absolute atomic E-state index is 0.0658. The molecule has 168 valence electrons. The topological polar surface area (TPSA) is 77.7 Å². The molecule has 0 bridgehead atoms. The van der Waals surface area contributed by atoms with Gasteiger partial charge in [0.15, 0.2) is 0 Å². The fourth-order valence-corrected chi connectivity index (χ4v) is 4.60. The summed E-state index contributed by atoms with van der Waals surface area (Å²) in [4.78, 5) is 33.1. The Hall–Kier alpha value is -2.38. The number of amides is 2. The standard InChI is InChI=1S/C24H34N4O3/c1-18-6-5-7-19-16-20(23(29)26-22(18)19)17-28(11-10-27-12-14-31-15-13-27)24(30)25-21-8-3-2-4-9-21/h5-7,16,21H,2-4,8-15,17H2,1H3,(H,25,30)(H,26,29). The van der Waals surface area contributed by atoms with Gasteiger partial charge in [-0.25, -0.2) is 4.79 Å². The van der Waals surface area contributed by atoms with E-state index in [-0.39, 0.29) is 17.6 Å². The number of nitrogens with one attached hydrogen (secondary N) is 2. The quantitative estimate of drug-likeness (QED) is 0.744. The molecule has 1 aliphatic carbocycles. The molecule has 1 aliphatic heterocycles. The smallest absolute Gasteiger partial charge is 0.317 e. The Bertz CT molecular complexity index is 945. The number of aromatic nitrogens is 1. The van der Waals surface area contributed by atoms with E-state index in [1.54, 1.807) is 4.90 Å². The van der Waals surface area contributed by atoms with Gasteiger partial charge in [-0.15, -0.1) is 0 Å². The second-order valence-electron chi connectivity index (χ2n) is 8.82. The van der Waals surface area contributed by atoms with Crippen molar-refractivity contribution in [3.05, 3.63) is 45.7 Å². The lowest BCUT2D eigenvalue weighted by Crippen LogP contribution is -2.49. The van der Waals surface area contributed by atoms with Crippen molar-refractivity contribution in [3.63, 3.8) is 0 Å². The number of benzene rings is 1. The van der Waals surface area contributed by atoms with Gasteiger partial charge in [0.1, 0.15) is 0 Å². The molecule has 2 N–H and O–H groups in total. The van der Waals surface area contributed by atoms with Crippen molar-refractivity contribution >= 4 is 16.9 Å². The summed E-state index contributed by atoms with van der Waals surface area (Å²) >= 11 is 0. The number of aryl methyl sites for hydroxylation is 1. The maximum Gasteiger partial charge on any atom is 0.317 e. The van der Waals surface area contributed by atoms with Gasteiger partial charge in [0.25, 0.3) is 5.56 Å².